The summed E-state index contributed by atoms with van der Waals surface area (Å²) in [5.74, 6) is 1.30. The normalized spacial score (nSPS) is 14.6. The summed E-state index contributed by atoms with van der Waals surface area (Å²) in [5.41, 5.74) is 4.47. The molecule has 0 saturated carbocycles. The summed E-state index contributed by atoms with van der Waals surface area (Å²) in [4.78, 5) is 39.7. The number of carbonyl (C=O) groups is 1. The van der Waals surface area contributed by atoms with Crippen molar-refractivity contribution in [3.05, 3.63) is 72.8 Å². The second-order valence-corrected chi connectivity index (χ2v) is 8.75. The number of pyridine rings is 2. The number of aromatic nitrogens is 5. The molecule has 1 aromatic carbocycles. The number of ketones is 1. The molecule has 0 spiro atoms. The van der Waals surface area contributed by atoms with Gasteiger partial charge in [0.15, 0.2) is 12.2 Å². The van der Waals surface area contributed by atoms with Crippen LogP contribution in [-0.4, -0.2) is 68.8 Å². The number of fused-ring (bicyclic) bond motifs is 2. The Morgan fingerprint density at radius 3 is 2.66 bits per heavy atom. The van der Waals surface area contributed by atoms with E-state index in [0.29, 0.717) is 22.6 Å². The maximum Gasteiger partial charge on any atom is 0.246 e. The van der Waals surface area contributed by atoms with Gasteiger partial charge in [0.05, 0.1) is 11.9 Å². The first-order chi connectivity index (χ1) is 17.1. The van der Waals surface area contributed by atoms with E-state index >= 15 is 0 Å². The molecule has 5 heterocycles. The van der Waals surface area contributed by atoms with E-state index in [0.717, 1.165) is 54.0 Å². The Morgan fingerprint density at radius 1 is 0.914 bits per heavy atom. The Morgan fingerprint density at radius 2 is 1.77 bits per heavy atom. The molecule has 0 atom stereocenters. The second kappa shape index (κ2) is 8.84. The fourth-order valence-corrected chi connectivity index (χ4v) is 4.29. The van der Waals surface area contributed by atoms with Gasteiger partial charge in [-0.2, -0.15) is 0 Å². The van der Waals surface area contributed by atoms with Crippen molar-refractivity contribution in [3.63, 3.8) is 0 Å². The first-order valence-electron chi connectivity index (χ1n) is 11.5. The van der Waals surface area contributed by atoms with Crippen molar-refractivity contribution < 1.29 is 9.21 Å². The molecule has 4 aromatic heterocycles. The fraction of sp³-hybridized carbons (Fsp3) is 0.231. The first kappa shape index (κ1) is 21.3. The van der Waals surface area contributed by atoms with Crippen LogP contribution in [0.1, 0.15) is 16.2 Å². The molecule has 6 rings (SSSR count). The third-order valence-corrected chi connectivity index (χ3v) is 6.37. The SMILES string of the molecule is CN1CCN(c2cc(C(=O)Cc3ncc4ccc(-c5cnc6ocnc6c5)cc4n3)ccn2)CC1. The van der Waals surface area contributed by atoms with Crippen LogP contribution in [0.4, 0.5) is 5.82 Å². The lowest BCUT2D eigenvalue weighted by Crippen LogP contribution is -2.44. The van der Waals surface area contributed by atoms with Gasteiger partial charge in [-0.05, 0) is 36.9 Å². The molecule has 35 heavy (non-hydrogen) atoms. The zero-order valence-electron chi connectivity index (χ0n) is 19.3. The van der Waals surface area contributed by atoms with Crippen molar-refractivity contribution in [2.24, 2.45) is 0 Å². The van der Waals surface area contributed by atoms with Crippen molar-refractivity contribution in [2.45, 2.75) is 6.42 Å². The molecule has 1 aliphatic heterocycles. The number of hydrogen-bond acceptors (Lipinski definition) is 9. The number of hydrogen-bond donors (Lipinski definition) is 0. The third-order valence-electron chi connectivity index (χ3n) is 6.37. The molecule has 1 fully saturated rings. The van der Waals surface area contributed by atoms with E-state index in [-0.39, 0.29) is 12.2 Å². The minimum Gasteiger partial charge on any atom is -0.425 e. The van der Waals surface area contributed by atoms with Gasteiger partial charge in [0.25, 0.3) is 0 Å². The molecule has 0 bridgehead atoms. The lowest BCUT2D eigenvalue weighted by molar-refractivity contribution is 0.0991. The standard InChI is InChI=1S/C26H23N7O2/c1-32-6-8-33(9-7-32)25-12-18(4-5-27-25)23(34)13-24-28-14-19-3-2-17(10-21(19)31-24)20-11-22-26(29-15-20)35-16-30-22/h2-5,10-12,14-16H,6-9,13H2,1H3. The fourth-order valence-electron chi connectivity index (χ4n) is 4.29. The summed E-state index contributed by atoms with van der Waals surface area (Å²) >= 11 is 0. The number of likely N-dealkylation sites (N-methyl/N-ethyl adjacent to an activating group) is 1. The van der Waals surface area contributed by atoms with Crippen molar-refractivity contribution in [1.82, 2.24) is 29.8 Å². The molecule has 174 valence electrons. The molecule has 0 aliphatic carbocycles. The Hall–Kier alpha value is -4.24. The number of oxazole rings is 1. The smallest absolute Gasteiger partial charge is 0.246 e. The highest BCUT2D eigenvalue weighted by Gasteiger charge is 2.17. The molecule has 5 aromatic rings. The van der Waals surface area contributed by atoms with Crippen LogP contribution in [0.5, 0.6) is 0 Å². The van der Waals surface area contributed by atoms with Crippen LogP contribution >= 0.6 is 0 Å². The van der Waals surface area contributed by atoms with Crippen LogP contribution in [-0.2, 0) is 6.42 Å². The second-order valence-electron chi connectivity index (χ2n) is 8.75. The highest BCUT2D eigenvalue weighted by atomic mass is 16.3. The first-order valence-corrected chi connectivity index (χ1v) is 11.5. The highest BCUT2D eigenvalue weighted by Crippen LogP contribution is 2.25. The molecule has 9 heteroatoms. The van der Waals surface area contributed by atoms with Gasteiger partial charge in [-0.3, -0.25) is 4.79 Å². The number of nitrogens with zero attached hydrogens (tertiary/aromatic N) is 7. The quantitative estimate of drug-likeness (QED) is 0.361. The number of benzene rings is 1. The average molecular weight is 466 g/mol. The Balaban J connectivity index is 1.24. The Labute approximate surface area is 201 Å². The highest BCUT2D eigenvalue weighted by molar-refractivity contribution is 5.98. The van der Waals surface area contributed by atoms with Gasteiger partial charge >= 0.3 is 0 Å². The summed E-state index contributed by atoms with van der Waals surface area (Å²) in [6.07, 6.45) is 6.72. The molecular weight excluding hydrogens is 442 g/mol. The molecule has 9 nitrogen and oxygen atoms in total. The Kier molecular flexibility index (Phi) is 5.38. The minimum atomic E-state index is -0.0287. The molecule has 1 saturated heterocycles. The largest absolute Gasteiger partial charge is 0.425 e. The van der Waals surface area contributed by atoms with Crippen molar-refractivity contribution in [2.75, 3.05) is 38.1 Å². The van der Waals surface area contributed by atoms with Crippen molar-refractivity contribution in [1.29, 1.82) is 0 Å². The van der Waals surface area contributed by atoms with Crippen LogP contribution in [0.25, 0.3) is 33.3 Å². The predicted octanol–water partition coefficient (Wildman–Crippen LogP) is 3.41. The van der Waals surface area contributed by atoms with Crippen LogP contribution in [0.3, 0.4) is 0 Å². The maximum absolute atomic E-state index is 13.1. The van der Waals surface area contributed by atoms with Gasteiger partial charge in [-0.15, -0.1) is 0 Å². The Bertz CT molecular complexity index is 1540. The van der Waals surface area contributed by atoms with E-state index in [9.17, 15) is 4.79 Å². The van der Waals surface area contributed by atoms with Gasteiger partial charge in [-0.1, -0.05) is 12.1 Å². The topological polar surface area (TPSA) is 101 Å². The summed E-state index contributed by atoms with van der Waals surface area (Å²) in [6.45, 7) is 3.76. The molecule has 0 radical (unpaired) electrons. The summed E-state index contributed by atoms with van der Waals surface area (Å²) in [7, 11) is 2.11. The zero-order chi connectivity index (χ0) is 23.8. The molecule has 1 aliphatic rings. The molecular formula is C26H23N7O2. The van der Waals surface area contributed by atoms with Crippen LogP contribution in [0.2, 0.25) is 0 Å². The van der Waals surface area contributed by atoms with Crippen LogP contribution < -0.4 is 4.90 Å². The molecule has 0 unspecified atom stereocenters. The summed E-state index contributed by atoms with van der Waals surface area (Å²) < 4.78 is 5.23. The average Bonchev–Trinajstić information content (AvgIpc) is 3.37. The maximum atomic E-state index is 13.1. The van der Waals surface area contributed by atoms with E-state index in [1.807, 2.05) is 30.3 Å². The minimum absolute atomic E-state index is 0.0287. The van der Waals surface area contributed by atoms with Crippen LogP contribution in [0.15, 0.2) is 65.8 Å². The van der Waals surface area contributed by atoms with Gasteiger partial charge in [0, 0.05) is 61.3 Å². The monoisotopic (exact) mass is 465 g/mol. The van der Waals surface area contributed by atoms with Gasteiger partial charge in [-0.25, -0.2) is 24.9 Å². The summed E-state index contributed by atoms with van der Waals surface area (Å²) in [6, 6.07) is 11.5. The van der Waals surface area contributed by atoms with Crippen molar-refractivity contribution in [3.8, 4) is 11.1 Å². The predicted molar refractivity (Wildman–Crippen MR) is 132 cm³/mol. The summed E-state index contributed by atoms with van der Waals surface area (Å²) in [5, 5.41) is 0.904. The lowest BCUT2D eigenvalue weighted by atomic mass is 10.1. The van der Waals surface area contributed by atoms with Crippen LogP contribution in [0, 0.1) is 0 Å². The van der Waals surface area contributed by atoms with Crippen molar-refractivity contribution >= 4 is 33.7 Å². The van der Waals surface area contributed by atoms with E-state index in [1.165, 1.54) is 6.39 Å². The van der Waals surface area contributed by atoms with E-state index in [2.05, 4.69) is 41.8 Å². The number of carbonyl (C=O) groups excluding carboxylic acids is 1. The number of piperazine rings is 1. The number of Topliss-reactive ketones (excluding diaryl/α,β-unsaturated/α-hetero) is 1. The lowest BCUT2D eigenvalue weighted by Gasteiger charge is -2.33. The zero-order valence-corrected chi connectivity index (χ0v) is 19.3. The number of anilines is 1. The molecule has 0 amide bonds. The third kappa shape index (κ3) is 4.33. The molecule has 0 N–H and O–H groups in total. The number of rotatable bonds is 5. The van der Waals surface area contributed by atoms with E-state index in [1.54, 1.807) is 24.7 Å². The van der Waals surface area contributed by atoms with Gasteiger partial charge < -0.3 is 14.2 Å². The van der Waals surface area contributed by atoms with Gasteiger partial charge in [0.1, 0.15) is 17.2 Å². The van der Waals surface area contributed by atoms with E-state index in [4.69, 9.17) is 4.42 Å². The van der Waals surface area contributed by atoms with E-state index < -0.39 is 0 Å². The van der Waals surface area contributed by atoms with Gasteiger partial charge in [0.2, 0.25) is 5.71 Å².